The highest BCUT2D eigenvalue weighted by Crippen LogP contribution is 2.18. The number of aromatic nitrogens is 2. The number of hydrogen-bond acceptors (Lipinski definition) is 5. The van der Waals surface area contributed by atoms with Gasteiger partial charge >= 0.3 is 0 Å². The van der Waals surface area contributed by atoms with Crippen molar-refractivity contribution in [3.63, 3.8) is 0 Å². The highest BCUT2D eigenvalue weighted by molar-refractivity contribution is 6.31. The molecule has 1 aromatic heterocycles. The van der Waals surface area contributed by atoms with E-state index in [1.54, 1.807) is 0 Å². The number of H-pyrrole nitrogens is 1. The van der Waals surface area contributed by atoms with E-state index in [1.807, 2.05) is 13.8 Å². The molecule has 0 radical (unpaired) electrons. The van der Waals surface area contributed by atoms with Crippen molar-refractivity contribution in [1.29, 1.82) is 0 Å². The number of nitrogens with zero attached hydrogens (tertiary/aromatic N) is 1. The van der Waals surface area contributed by atoms with Crippen LogP contribution >= 0.6 is 11.6 Å². The van der Waals surface area contributed by atoms with E-state index in [0.29, 0.717) is 13.2 Å². The SMILES string of the molecule is CC1(C)CNCC(COc2nc[nH]c(=O)c2Cl)O1. The van der Waals surface area contributed by atoms with Gasteiger partial charge in [0.25, 0.3) is 5.56 Å². The molecule has 0 spiro atoms. The van der Waals surface area contributed by atoms with Crippen molar-refractivity contribution in [2.75, 3.05) is 19.7 Å². The Labute approximate surface area is 110 Å². The van der Waals surface area contributed by atoms with E-state index in [4.69, 9.17) is 21.1 Å². The van der Waals surface area contributed by atoms with Gasteiger partial charge in [-0.2, -0.15) is 0 Å². The van der Waals surface area contributed by atoms with E-state index in [0.717, 1.165) is 6.54 Å². The third-order valence-corrected chi connectivity index (χ3v) is 2.91. The molecule has 1 atom stereocenters. The summed E-state index contributed by atoms with van der Waals surface area (Å²) in [6.45, 7) is 5.81. The Morgan fingerprint density at radius 3 is 3.17 bits per heavy atom. The molecule has 100 valence electrons. The first-order valence-electron chi connectivity index (χ1n) is 5.72. The lowest BCUT2D eigenvalue weighted by molar-refractivity contribution is -0.107. The summed E-state index contributed by atoms with van der Waals surface area (Å²) in [7, 11) is 0. The molecule has 1 aliphatic rings. The molecule has 0 aromatic carbocycles. The Morgan fingerprint density at radius 2 is 2.44 bits per heavy atom. The first kappa shape index (κ1) is 13.3. The van der Waals surface area contributed by atoms with Gasteiger partial charge in [-0.05, 0) is 13.8 Å². The van der Waals surface area contributed by atoms with Gasteiger partial charge in [-0.3, -0.25) is 4.79 Å². The lowest BCUT2D eigenvalue weighted by Gasteiger charge is -2.36. The number of aromatic amines is 1. The van der Waals surface area contributed by atoms with Crippen molar-refractivity contribution < 1.29 is 9.47 Å². The van der Waals surface area contributed by atoms with Crippen LogP contribution in [0, 0.1) is 0 Å². The minimum atomic E-state index is -0.412. The second-order valence-corrected chi connectivity index (χ2v) is 5.17. The van der Waals surface area contributed by atoms with Crippen LogP contribution in [0.25, 0.3) is 0 Å². The fourth-order valence-corrected chi connectivity index (χ4v) is 1.96. The van der Waals surface area contributed by atoms with E-state index >= 15 is 0 Å². The van der Waals surface area contributed by atoms with Crippen molar-refractivity contribution in [3.8, 4) is 5.88 Å². The van der Waals surface area contributed by atoms with Gasteiger partial charge in [0.15, 0.2) is 5.02 Å². The molecule has 1 aromatic rings. The average molecular weight is 274 g/mol. The predicted octanol–water partition coefficient (Wildman–Crippen LogP) is 0.569. The molecule has 0 amide bonds. The topological polar surface area (TPSA) is 76.2 Å². The molecule has 2 heterocycles. The molecule has 0 bridgehead atoms. The lowest BCUT2D eigenvalue weighted by atomic mass is 10.1. The van der Waals surface area contributed by atoms with Crippen molar-refractivity contribution in [3.05, 3.63) is 21.7 Å². The van der Waals surface area contributed by atoms with Gasteiger partial charge in [0, 0.05) is 13.1 Å². The van der Waals surface area contributed by atoms with E-state index < -0.39 is 5.56 Å². The Hall–Kier alpha value is -1.11. The van der Waals surface area contributed by atoms with Crippen LogP contribution in [0.15, 0.2) is 11.1 Å². The summed E-state index contributed by atoms with van der Waals surface area (Å²) in [5, 5.41) is 3.22. The van der Waals surface area contributed by atoms with Crippen LogP contribution in [0.4, 0.5) is 0 Å². The minimum absolute atomic E-state index is 0.0412. The van der Waals surface area contributed by atoms with Crippen LogP contribution < -0.4 is 15.6 Å². The summed E-state index contributed by atoms with van der Waals surface area (Å²) in [5.41, 5.74) is -0.637. The lowest BCUT2D eigenvalue weighted by Crippen LogP contribution is -2.52. The van der Waals surface area contributed by atoms with Gasteiger partial charge in [-0.15, -0.1) is 0 Å². The van der Waals surface area contributed by atoms with E-state index in [9.17, 15) is 4.79 Å². The van der Waals surface area contributed by atoms with E-state index in [2.05, 4.69) is 15.3 Å². The third kappa shape index (κ3) is 3.22. The van der Waals surface area contributed by atoms with Gasteiger partial charge < -0.3 is 19.8 Å². The normalized spacial score (nSPS) is 22.7. The molecule has 2 rings (SSSR count). The summed E-state index contributed by atoms with van der Waals surface area (Å²) < 4.78 is 11.2. The summed E-state index contributed by atoms with van der Waals surface area (Å²) in [4.78, 5) is 17.5. The monoisotopic (exact) mass is 273 g/mol. The number of halogens is 1. The second kappa shape index (κ2) is 5.26. The zero-order chi connectivity index (χ0) is 13.2. The largest absolute Gasteiger partial charge is 0.474 e. The smallest absolute Gasteiger partial charge is 0.273 e. The van der Waals surface area contributed by atoms with Crippen molar-refractivity contribution >= 4 is 11.6 Å². The standard InChI is InChI=1S/C11H16ClN3O3/c1-11(2)5-13-3-7(18-11)4-17-10-8(12)9(16)14-6-15-10/h6-7,13H,3-5H2,1-2H3,(H,14,15,16). The summed E-state index contributed by atoms with van der Waals surface area (Å²) >= 11 is 5.78. The van der Waals surface area contributed by atoms with Crippen LogP contribution in [0.3, 0.4) is 0 Å². The van der Waals surface area contributed by atoms with Crippen molar-refractivity contribution in [2.45, 2.75) is 25.6 Å². The molecular weight excluding hydrogens is 258 g/mol. The van der Waals surface area contributed by atoms with Gasteiger partial charge in [-0.1, -0.05) is 11.6 Å². The molecule has 18 heavy (non-hydrogen) atoms. The van der Waals surface area contributed by atoms with Gasteiger partial charge in [0.1, 0.15) is 12.7 Å². The number of morpholine rings is 1. The van der Waals surface area contributed by atoms with Crippen molar-refractivity contribution in [1.82, 2.24) is 15.3 Å². The molecule has 1 fully saturated rings. The van der Waals surface area contributed by atoms with Gasteiger partial charge in [0.2, 0.25) is 5.88 Å². The van der Waals surface area contributed by atoms with E-state index in [1.165, 1.54) is 6.33 Å². The van der Waals surface area contributed by atoms with Crippen LogP contribution in [-0.2, 0) is 4.74 Å². The Kier molecular flexibility index (Phi) is 3.89. The Balaban J connectivity index is 1.95. The maximum absolute atomic E-state index is 11.2. The minimum Gasteiger partial charge on any atom is -0.474 e. The fraction of sp³-hybridized carbons (Fsp3) is 0.636. The van der Waals surface area contributed by atoms with Crippen LogP contribution in [-0.4, -0.2) is 41.4 Å². The number of nitrogens with one attached hydrogen (secondary N) is 2. The highest BCUT2D eigenvalue weighted by atomic mass is 35.5. The third-order valence-electron chi connectivity index (χ3n) is 2.58. The summed E-state index contributed by atoms with van der Waals surface area (Å²) in [5.74, 6) is 0.132. The predicted molar refractivity (Wildman–Crippen MR) is 67.2 cm³/mol. The molecule has 1 unspecified atom stereocenters. The zero-order valence-corrected chi connectivity index (χ0v) is 11.1. The average Bonchev–Trinajstić information content (AvgIpc) is 2.30. The fourth-order valence-electron chi connectivity index (χ4n) is 1.80. The van der Waals surface area contributed by atoms with E-state index in [-0.39, 0.29) is 22.6 Å². The first-order chi connectivity index (χ1) is 8.48. The molecule has 0 saturated carbocycles. The quantitative estimate of drug-likeness (QED) is 0.842. The molecule has 1 saturated heterocycles. The number of rotatable bonds is 3. The summed E-state index contributed by atoms with van der Waals surface area (Å²) in [6.07, 6.45) is 1.17. The van der Waals surface area contributed by atoms with Gasteiger partial charge in [-0.25, -0.2) is 4.98 Å². The maximum atomic E-state index is 11.2. The Morgan fingerprint density at radius 1 is 1.67 bits per heavy atom. The molecule has 2 N–H and O–H groups in total. The van der Waals surface area contributed by atoms with Crippen molar-refractivity contribution in [2.24, 2.45) is 0 Å². The maximum Gasteiger partial charge on any atom is 0.273 e. The molecule has 6 nitrogen and oxygen atoms in total. The zero-order valence-electron chi connectivity index (χ0n) is 10.3. The molecule has 7 heteroatoms. The summed E-state index contributed by atoms with van der Waals surface area (Å²) in [6, 6.07) is 0. The number of ether oxygens (including phenoxy) is 2. The number of hydrogen-bond donors (Lipinski definition) is 2. The van der Waals surface area contributed by atoms with Crippen LogP contribution in [0.2, 0.25) is 5.02 Å². The van der Waals surface area contributed by atoms with Gasteiger partial charge in [0.05, 0.1) is 11.9 Å². The molecule has 1 aliphatic heterocycles. The molecule has 0 aliphatic carbocycles. The Bertz CT molecular complexity index is 475. The second-order valence-electron chi connectivity index (χ2n) is 4.79. The van der Waals surface area contributed by atoms with Crippen LogP contribution in [0.1, 0.15) is 13.8 Å². The van der Waals surface area contributed by atoms with Crippen LogP contribution in [0.5, 0.6) is 5.88 Å². The molecular formula is C11H16ClN3O3. The first-order valence-corrected chi connectivity index (χ1v) is 6.10. The highest BCUT2D eigenvalue weighted by Gasteiger charge is 2.28.